The first-order valence-corrected chi connectivity index (χ1v) is 9.82. The molecule has 0 unspecified atom stereocenters. The summed E-state index contributed by atoms with van der Waals surface area (Å²) in [5.74, 6) is 2.77. The van der Waals surface area contributed by atoms with Crippen LogP contribution in [-0.4, -0.2) is 40.6 Å². The minimum atomic E-state index is -0.297. The number of nitrogens with one attached hydrogen (secondary N) is 1. The van der Waals surface area contributed by atoms with E-state index in [1.165, 1.54) is 17.1 Å². The summed E-state index contributed by atoms with van der Waals surface area (Å²) in [5.41, 5.74) is 3.72. The summed E-state index contributed by atoms with van der Waals surface area (Å²) in [4.78, 5) is 15.1. The Morgan fingerprint density at radius 1 is 1.36 bits per heavy atom. The molecule has 0 spiro atoms. The van der Waals surface area contributed by atoms with Crippen molar-refractivity contribution in [3.63, 3.8) is 0 Å². The zero-order valence-electron chi connectivity index (χ0n) is 15.0. The normalized spacial score (nSPS) is 16.6. The third kappa shape index (κ3) is 4.44. The number of hydrogen-bond acceptors (Lipinski definition) is 5. The van der Waals surface area contributed by atoms with Crippen LogP contribution in [0.1, 0.15) is 35.4 Å². The fourth-order valence-electron chi connectivity index (χ4n) is 3.25. The molecule has 6 heteroatoms. The van der Waals surface area contributed by atoms with Crippen molar-refractivity contribution in [2.75, 3.05) is 29.9 Å². The summed E-state index contributed by atoms with van der Waals surface area (Å²) in [6, 6.07) is 8.13. The van der Waals surface area contributed by atoms with Crippen molar-refractivity contribution in [3.05, 3.63) is 46.8 Å². The van der Waals surface area contributed by atoms with Crippen molar-refractivity contribution in [2.24, 2.45) is 0 Å². The number of rotatable bonds is 5. The molecule has 1 fully saturated rings. The Balaban J connectivity index is 1.66. The van der Waals surface area contributed by atoms with E-state index in [9.17, 15) is 4.79 Å². The molecule has 1 saturated heterocycles. The number of carbonyl (C=O) groups excluding carboxylic acids is 1. The molecule has 1 aromatic carbocycles. The number of nitrogens with zero attached hydrogens (tertiary/aromatic N) is 2. The summed E-state index contributed by atoms with van der Waals surface area (Å²) in [6.45, 7) is 8.79. The monoisotopic (exact) mass is 359 g/mol. The van der Waals surface area contributed by atoms with Gasteiger partial charge < -0.3 is 9.84 Å². The Morgan fingerprint density at radius 2 is 2.12 bits per heavy atom. The predicted octanol–water partition coefficient (Wildman–Crippen LogP) is 3.58. The molecule has 0 saturated carbocycles. The van der Waals surface area contributed by atoms with Gasteiger partial charge in [0.15, 0.2) is 0 Å². The summed E-state index contributed by atoms with van der Waals surface area (Å²) < 4.78 is 5.18. The number of thioether (sulfide) groups is 1. The molecule has 1 atom stereocenters. The number of anilines is 1. The second kappa shape index (κ2) is 8.06. The molecule has 5 nitrogen and oxygen atoms in total. The molecule has 1 aromatic heterocycles. The van der Waals surface area contributed by atoms with Gasteiger partial charge in [0.1, 0.15) is 5.76 Å². The lowest BCUT2D eigenvalue weighted by atomic mass is 9.98. The highest BCUT2D eigenvalue weighted by Gasteiger charge is 2.23. The standard InChI is InChI=1S/C19H25N3O2S/c1-13(18-14(2)21-24-15(18)3)19(23)20-17-6-4-5-16(11-17)12-22-7-9-25-10-8-22/h4-6,11,13H,7-10,12H2,1-3H3,(H,20,23)/t13-/m0/s1. The molecular weight excluding hydrogens is 334 g/mol. The number of benzene rings is 1. The zero-order chi connectivity index (χ0) is 17.8. The topological polar surface area (TPSA) is 58.4 Å². The van der Waals surface area contributed by atoms with Gasteiger partial charge in [-0.15, -0.1) is 0 Å². The molecule has 1 aliphatic heterocycles. The van der Waals surface area contributed by atoms with Gasteiger partial charge in [0.25, 0.3) is 0 Å². The molecule has 0 aliphatic carbocycles. The van der Waals surface area contributed by atoms with Crippen LogP contribution < -0.4 is 5.32 Å². The molecule has 1 N–H and O–H groups in total. The Hall–Kier alpha value is -1.79. The van der Waals surface area contributed by atoms with Crippen molar-refractivity contribution >= 4 is 23.4 Å². The number of hydrogen-bond donors (Lipinski definition) is 1. The van der Waals surface area contributed by atoms with Gasteiger partial charge in [-0.25, -0.2) is 0 Å². The number of aromatic nitrogens is 1. The van der Waals surface area contributed by atoms with E-state index in [1.54, 1.807) is 0 Å². The average Bonchev–Trinajstić information content (AvgIpc) is 2.94. The molecule has 2 heterocycles. The van der Waals surface area contributed by atoms with Crippen molar-refractivity contribution in [1.82, 2.24) is 10.1 Å². The molecule has 2 aromatic rings. The second-order valence-electron chi connectivity index (χ2n) is 6.54. The predicted molar refractivity (Wildman–Crippen MR) is 102 cm³/mol. The number of carbonyl (C=O) groups is 1. The minimum Gasteiger partial charge on any atom is -0.361 e. The first-order valence-electron chi connectivity index (χ1n) is 8.67. The van der Waals surface area contributed by atoms with Crippen LogP contribution in [0.2, 0.25) is 0 Å². The van der Waals surface area contributed by atoms with Crippen LogP contribution in [0.3, 0.4) is 0 Å². The third-order valence-electron chi connectivity index (χ3n) is 4.62. The molecule has 25 heavy (non-hydrogen) atoms. The minimum absolute atomic E-state index is 0.0408. The van der Waals surface area contributed by atoms with Crippen LogP contribution >= 0.6 is 11.8 Å². The lowest BCUT2D eigenvalue weighted by Gasteiger charge is -2.26. The van der Waals surface area contributed by atoms with E-state index < -0.39 is 0 Å². The Labute approximate surface area is 153 Å². The van der Waals surface area contributed by atoms with Crippen LogP contribution in [-0.2, 0) is 11.3 Å². The summed E-state index contributed by atoms with van der Waals surface area (Å²) in [5, 5.41) is 6.97. The highest BCUT2D eigenvalue weighted by atomic mass is 32.2. The quantitative estimate of drug-likeness (QED) is 0.884. The van der Waals surface area contributed by atoms with E-state index in [4.69, 9.17) is 4.52 Å². The number of aryl methyl sites for hydroxylation is 2. The van der Waals surface area contributed by atoms with E-state index >= 15 is 0 Å². The smallest absolute Gasteiger partial charge is 0.231 e. The van der Waals surface area contributed by atoms with Gasteiger partial charge in [-0.1, -0.05) is 17.3 Å². The van der Waals surface area contributed by atoms with Crippen molar-refractivity contribution < 1.29 is 9.32 Å². The molecule has 3 rings (SSSR count). The highest BCUT2D eigenvalue weighted by Crippen LogP contribution is 2.25. The van der Waals surface area contributed by atoms with Crippen LogP contribution in [0.25, 0.3) is 0 Å². The van der Waals surface area contributed by atoms with E-state index in [1.807, 2.05) is 44.7 Å². The summed E-state index contributed by atoms with van der Waals surface area (Å²) in [6.07, 6.45) is 0. The molecular formula is C19H25N3O2S. The van der Waals surface area contributed by atoms with Crippen LogP contribution in [0.5, 0.6) is 0 Å². The molecule has 134 valence electrons. The van der Waals surface area contributed by atoms with Crippen LogP contribution in [0.15, 0.2) is 28.8 Å². The van der Waals surface area contributed by atoms with Gasteiger partial charge in [-0.05, 0) is 38.5 Å². The van der Waals surface area contributed by atoms with Crippen LogP contribution in [0.4, 0.5) is 5.69 Å². The Bertz CT molecular complexity index is 719. The first kappa shape index (κ1) is 18.0. The fourth-order valence-corrected chi connectivity index (χ4v) is 4.23. The largest absolute Gasteiger partial charge is 0.361 e. The third-order valence-corrected chi connectivity index (χ3v) is 5.56. The SMILES string of the molecule is Cc1noc(C)c1[C@H](C)C(=O)Nc1cccc(CN2CCSCC2)c1. The fraction of sp³-hybridized carbons (Fsp3) is 0.474. The van der Waals surface area contributed by atoms with Crippen LogP contribution in [0, 0.1) is 13.8 Å². The summed E-state index contributed by atoms with van der Waals surface area (Å²) in [7, 11) is 0. The lowest BCUT2D eigenvalue weighted by Crippen LogP contribution is -2.31. The van der Waals surface area contributed by atoms with Crippen molar-refractivity contribution in [2.45, 2.75) is 33.2 Å². The molecule has 1 aliphatic rings. The molecule has 1 amide bonds. The van der Waals surface area contributed by atoms with Gasteiger partial charge in [0, 0.05) is 42.4 Å². The van der Waals surface area contributed by atoms with Gasteiger partial charge >= 0.3 is 0 Å². The maximum atomic E-state index is 12.6. The summed E-state index contributed by atoms with van der Waals surface area (Å²) >= 11 is 2.01. The molecule has 0 radical (unpaired) electrons. The van der Waals surface area contributed by atoms with E-state index in [-0.39, 0.29) is 11.8 Å². The Kier molecular flexibility index (Phi) is 5.81. The van der Waals surface area contributed by atoms with E-state index in [2.05, 4.69) is 27.5 Å². The Morgan fingerprint density at radius 3 is 2.80 bits per heavy atom. The lowest BCUT2D eigenvalue weighted by molar-refractivity contribution is -0.117. The highest BCUT2D eigenvalue weighted by molar-refractivity contribution is 7.99. The van der Waals surface area contributed by atoms with Gasteiger partial charge in [0.05, 0.1) is 11.6 Å². The van der Waals surface area contributed by atoms with Gasteiger partial charge in [0.2, 0.25) is 5.91 Å². The van der Waals surface area contributed by atoms with Crippen molar-refractivity contribution in [1.29, 1.82) is 0 Å². The van der Waals surface area contributed by atoms with E-state index in [0.717, 1.165) is 36.6 Å². The molecule has 0 bridgehead atoms. The zero-order valence-corrected chi connectivity index (χ0v) is 15.9. The van der Waals surface area contributed by atoms with Gasteiger partial charge in [-0.3, -0.25) is 9.69 Å². The average molecular weight is 359 g/mol. The first-order chi connectivity index (χ1) is 12.0. The maximum Gasteiger partial charge on any atom is 0.231 e. The van der Waals surface area contributed by atoms with Gasteiger partial charge in [-0.2, -0.15) is 11.8 Å². The van der Waals surface area contributed by atoms with E-state index in [0.29, 0.717) is 5.76 Å². The maximum absolute atomic E-state index is 12.6. The van der Waals surface area contributed by atoms with Crippen molar-refractivity contribution in [3.8, 4) is 0 Å². The second-order valence-corrected chi connectivity index (χ2v) is 7.76. The number of amides is 1.